The minimum atomic E-state index is -2.93. The highest BCUT2D eigenvalue weighted by molar-refractivity contribution is 6.38. The van der Waals surface area contributed by atoms with Gasteiger partial charge in [-0.15, -0.1) is 0 Å². The third-order valence-corrected chi connectivity index (χ3v) is 11.3. The summed E-state index contributed by atoms with van der Waals surface area (Å²) in [5.41, 5.74) is 2.72. The fourth-order valence-corrected chi connectivity index (χ4v) is 8.97. The Hall–Kier alpha value is -5.09. The second-order valence-electron chi connectivity index (χ2n) is 14.7. The average Bonchev–Trinajstić information content (AvgIpc) is 3.10. The molecule has 2 saturated carbocycles. The number of Topliss-reactive ketones (excluding diaryl/α,β-unsaturated/α-hetero) is 4. The quantitative estimate of drug-likeness (QED) is 0.150. The Morgan fingerprint density at radius 3 is 2.31 bits per heavy atom. The number of primary amides is 1. The van der Waals surface area contributed by atoms with Gasteiger partial charge in [-0.1, -0.05) is 48.0 Å². The summed E-state index contributed by atoms with van der Waals surface area (Å²) in [7, 11) is 6.16. The van der Waals surface area contributed by atoms with Crippen molar-refractivity contribution < 1.29 is 47.8 Å². The van der Waals surface area contributed by atoms with Crippen molar-refractivity contribution >= 4 is 57.9 Å². The largest absolute Gasteiger partial charge is 0.505 e. The summed E-state index contributed by atoms with van der Waals surface area (Å²) in [5, 5.41) is 29.0. The number of phenolic OH excluding ortho intramolecular Hbond substituents is 1. The number of carbonyl (C=O) groups excluding carboxylic acids is 6. The van der Waals surface area contributed by atoms with Gasteiger partial charge in [0.15, 0.2) is 40.4 Å². The second kappa shape index (κ2) is 14.9. The van der Waals surface area contributed by atoms with Crippen LogP contribution in [-0.2, 0) is 36.8 Å². The van der Waals surface area contributed by atoms with Crippen LogP contribution in [-0.4, -0.2) is 96.4 Å². The van der Waals surface area contributed by atoms with Crippen molar-refractivity contribution in [2.45, 2.75) is 36.9 Å². The molecule has 13 nitrogen and oxygen atoms in total. The van der Waals surface area contributed by atoms with Gasteiger partial charge < -0.3 is 31.5 Å². The number of aliphatic hydroxyl groups is 1. The third kappa shape index (κ3) is 6.58. The summed E-state index contributed by atoms with van der Waals surface area (Å²) >= 11 is 6.89. The van der Waals surface area contributed by atoms with Crippen LogP contribution in [0.5, 0.6) is 5.75 Å². The summed E-state index contributed by atoms with van der Waals surface area (Å²) < 4.78 is 29.1. The number of carbonyl (C=O) groups is 6. The van der Waals surface area contributed by atoms with Gasteiger partial charge in [-0.25, -0.2) is 8.78 Å². The molecule has 0 saturated heterocycles. The summed E-state index contributed by atoms with van der Waals surface area (Å²) in [6.45, 7) is 0.162. The van der Waals surface area contributed by atoms with Gasteiger partial charge in [0, 0.05) is 38.2 Å². The van der Waals surface area contributed by atoms with Crippen molar-refractivity contribution in [2.24, 2.45) is 29.4 Å². The predicted molar refractivity (Wildman–Crippen MR) is 197 cm³/mol. The smallest absolute Gasteiger partial charge is 0.246 e. The van der Waals surface area contributed by atoms with E-state index in [0.29, 0.717) is 12.5 Å². The zero-order valence-corrected chi connectivity index (χ0v) is 31.1. The number of halogens is 3. The summed E-state index contributed by atoms with van der Waals surface area (Å²) in [5.74, 6) is -15.5. The molecule has 16 heteroatoms. The van der Waals surface area contributed by atoms with Crippen molar-refractivity contribution in [2.75, 3.05) is 45.0 Å². The topological polar surface area (TPSA) is 199 Å². The maximum absolute atomic E-state index is 15.2. The first-order chi connectivity index (χ1) is 25.9. The molecule has 0 aromatic heterocycles. The van der Waals surface area contributed by atoms with Gasteiger partial charge in [-0.05, 0) is 56.5 Å². The molecule has 3 aromatic carbocycles. The van der Waals surface area contributed by atoms with Crippen LogP contribution >= 0.6 is 11.6 Å². The zero-order valence-electron chi connectivity index (χ0n) is 30.4. The zero-order chi connectivity index (χ0) is 40.3. The van der Waals surface area contributed by atoms with Crippen LogP contribution in [0.2, 0.25) is 5.02 Å². The molecule has 0 radical (unpaired) electrons. The number of nitrogens with one attached hydrogen (secondary N) is 2. The predicted octanol–water partition coefficient (Wildman–Crippen LogP) is 2.38. The Morgan fingerprint density at radius 2 is 1.71 bits per heavy atom. The number of ketones is 4. The molecule has 290 valence electrons. The summed E-state index contributed by atoms with van der Waals surface area (Å²) in [6, 6.07) is 9.21. The van der Waals surface area contributed by atoms with Crippen molar-refractivity contribution in [1.82, 2.24) is 10.2 Å². The van der Waals surface area contributed by atoms with Crippen LogP contribution in [0.15, 0.2) is 48.5 Å². The van der Waals surface area contributed by atoms with E-state index < -0.39 is 105 Å². The first-order valence-corrected chi connectivity index (χ1v) is 17.9. The maximum atomic E-state index is 15.2. The van der Waals surface area contributed by atoms with Crippen molar-refractivity contribution in [3.63, 3.8) is 0 Å². The molecular formula is C39H40ClF2N5O8. The number of phenols is 1. The van der Waals surface area contributed by atoms with E-state index in [1.54, 1.807) is 14.1 Å². The Morgan fingerprint density at radius 1 is 1.04 bits per heavy atom. The molecular weight excluding hydrogens is 740 g/mol. The monoisotopic (exact) mass is 779 g/mol. The van der Waals surface area contributed by atoms with Gasteiger partial charge >= 0.3 is 0 Å². The molecule has 2 amide bonds. The molecule has 5 unspecified atom stereocenters. The number of amides is 2. The first-order valence-electron chi connectivity index (χ1n) is 17.5. The van der Waals surface area contributed by atoms with Crippen molar-refractivity contribution in [1.29, 1.82) is 0 Å². The summed E-state index contributed by atoms with van der Waals surface area (Å²) in [6.07, 6.45) is 0.173. The molecule has 0 heterocycles. The van der Waals surface area contributed by atoms with Crippen LogP contribution in [0, 0.1) is 35.3 Å². The SMILES string of the molecule is CN(C)c1c(Cl)c(NC(=O)C(NCCc2ccccc2)c2ccc(F)cc2F)c(O)c2c1CC1CC3[C@H](N(C)C)C(=O)C(C(N)=O)C(=O)[C@@]3(O)C(=O)C1C2=O. The van der Waals surface area contributed by atoms with E-state index >= 15 is 4.39 Å². The lowest BCUT2D eigenvalue weighted by Crippen LogP contribution is -2.74. The number of benzene rings is 3. The number of anilines is 2. The number of nitrogens with zero attached hydrogens (tertiary/aromatic N) is 2. The van der Waals surface area contributed by atoms with Crippen LogP contribution in [0.25, 0.3) is 0 Å². The number of nitrogens with two attached hydrogens (primary N) is 1. The molecule has 55 heavy (non-hydrogen) atoms. The molecule has 0 aliphatic heterocycles. The fraction of sp³-hybridized carbons (Fsp3) is 0.385. The van der Waals surface area contributed by atoms with Crippen LogP contribution in [0.1, 0.15) is 39.5 Å². The highest BCUT2D eigenvalue weighted by Crippen LogP contribution is 2.55. The highest BCUT2D eigenvalue weighted by atomic mass is 35.5. The Bertz CT molecular complexity index is 2130. The number of fused-ring (bicyclic) bond motifs is 3. The van der Waals surface area contributed by atoms with E-state index in [-0.39, 0.29) is 41.2 Å². The normalized spacial score (nSPS) is 25.2. The molecule has 2 fully saturated rings. The van der Waals surface area contributed by atoms with Gasteiger partial charge in [-0.2, -0.15) is 0 Å². The van der Waals surface area contributed by atoms with E-state index in [2.05, 4.69) is 10.6 Å². The van der Waals surface area contributed by atoms with Gasteiger partial charge in [0.05, 0.1) is 28.2 Å². The molecule has 6 N–H and O–H groups in total. The van der Waals surface area contributed by atoms with E-state index in [1.807, 2.05) is 30.3 Å². The Kier molecular flexibility index (Phi) is 10.7. The van der Waals surface area contributed by atoms with Crippen LogP contribution in [0.4, 0.5) is 20.2 Å². The van der Waals surface area contributed by atoms with Crippen molar-refractivity contribution in [3.05, 3.63) is 87.4 Å². The van der Waals surface area contributed by atoms with Gasteiger partial charge in [-0.3, -0.25) is 33.7 Å². The van der Waals surface area contributed by atoms with Gasteiger partial charge in [0.25, 0.3) is 0 Å². The fourth-order valence-electron chi connectivity index (χ4n) is 8.55. The maximum Gasteiger partial charge on any atom is 0.246 e. The van der Waals surface area contributed by atoms with E-state index in [1.165, 1.54) is 23.9 Å². The Balaban J connectivity index is 1.41. The second-order valence-corrected chi connectivity index (χ2v) is 15.1. The Labute approximate surface area is 319 Å². The number of hydrogen-bond donors (Lipinski definition) is 5. The lowest BCUT2D eigenvalue weighted by molar-refractivity contribution is -0.181. The lowest BCUT2D eigenvalue weighted by Gasteiger charge is -2.52. The number of rotatable bonds is 10. The number of aromatic hydroxyl groups is 1. The molecule has 0 spiro atoms. The molecule has 7 atom stereocenters. The van der Waals surface area contributed by atoms with Crippen molar-refractivity contribution in [3.8, 4) is 5.75 Å². The average molecular weight is 780 g/mol. The minimum Gasteiger partial charge on any atom is -0.505 e. The van der Waals surface area contributed by atoms with E-state index in [9.17, 15) is 43.4 Å². The molecule has 3 aliphatic carbocycles. The number of likely N-dealkylation sites (N-methyl/N-ethyl adjacent to an activating group) is 1. The number of hydrogen-bond acceptors (Lipinski definition) is 11. The molecule has 0 bridgehead atoms. The molecule has 3 aliphatic rings. The third-order valence-electron chi connectivity index (χ3n) is 11.0. The van der Waals surface area contributed by atoms with Gasteiger partial charge in [0.2, 0.25) is 11.8 Å². The molecule has 3 aromatic rings. The van der Waals surface area contributed by atoms with Gasteiger partial charge in [0.1, 0.15) is 23.4 Å². The lowest BCUT2D eigenvalue weighted by atomic mass is 9.52. The van der Waals surface area contributed by atoms with E-state index in [0.717, 1.165) is 17.7 Å². The first kappa shape index (κ1) is 39.6. The van der Waals surface area contributed by atoms with Crippen LogP contribution < -0.4 is 21.3 Å². The summed E-state index contributed by atoms with van der Waals surface area (Å²) in [4.78, 5) is 85.2. The standard InChI is InChI=1S/C39H40ClF2N5O8/c1-46(2)30-21-14-18-15-22-31(47(3)4)34(50)26(37(43)53)36(52)39(22,55)35(51)24(18)32(48)25(21)33(49)29(27(30)40)45-38(54)28(20-11-10-19(41)16-23(20)42)44-13-12-17-8-6-5-7-9-17/h5-11,16,18,22,24,26,28,31,44,49,55H,12-15H2,1-4H3,(H2,43,53)(H,45,54)/t18?,22?,24?,26?,28?,31-,39-/m0/s1. The van der Waals surface area contributed by atoms with Crippen LogP contribution in [0.3, 0.4) is 0 Å². The highest BCUT2D eigenvalue weighted by Gasteiger charge is 2.69. The van der Waals surface area contributed by atoms with E-state index in [4.69, 9.17) is 17.3 Å². The minimum absolute atomic E-state index is 0.0781. The molecule has 6 rings (SSSR count).